The summed E-state index contributed by atoms with van der Waals surface area (Å²) in [6.45, 7) is 1.50. The molecule has 1 aliphatic rings. The first-order valence-electron chi connectivity index (χ1n) is 5.63. The smallest absolute Gasteiger partial charge is 0.257 e. The zero-order chi connectivity index (χ0) is 12.4. The Morgan fingerprint density at radius 3 is 3.22 bits per heavy atom. The van der Waals surface area contributed by atoms with Gasteiger partial charge < -0.3 is 14.1 Å². The Hall–Kier alpha value is -2.15. The quantitative estimate of drug-likeness (QED) is 0.841. The lowest BCUT2D eigenvalue weighted by atomic mass is 10.2. The van der Waals surface area contributed by atoms with Crippen LogP contribution in [0.1, 0.15) is 22.3 Å². The maximum absolute atomic E-state index is 12.1. The van der Waals surface area contributed by atoms with Crippen LogP contribution in [-0.2, 0) is 4.74 Å². The number of rotatable bonds is 2. The van der Waals surface area contributed by atoms with Gasteiger partial charge in [0, 0.05) is 6.54 Å². The fraction of sp³-hybridized carbons (Fsp3) is 0.364. The van der Waals surface area contributed by atoms with Crippen molar-refractivity contribution in [3.63, 3.8) is 0 Å². The normalized spacial score (nSPS) is 20.0. The van der Waals surface area contributed by atoms with Crippen LogP contribution in [-0.4, -0.2) is 45.7 Å². The van der Waals surface area contributed by atoms with E-state index in [0.717, 1.165) is 0 Å². The molecule has 18 heavy (non-hydrogen) atoms. The Balaban J connectivity index is 1.73. The molecule has 1 atom stereocenters. The third kappa shape index (κ3) is 2.00. The molecule has 2 aromatic heterocycles. The number of hydrogen-bond acceptors (Lipinski definition) is 5. The summed E-state index contributed by atoms with van der Waals surface area (Å²) in [5.41, 5.74) is 0.549. The van der Waals surface area contributed by atoms with Gasteiger partial charge in [-0.15, -0.1) is 0 Å². The van der Waals surface area contributed by atoms with Crippen molar-refractivity contribution in [2.75, 3.05) is 19.7 Å². The highest BCUT2D eigenvalue weighted by molar-refractivity contribution is 5.93. The molecule has 7 heteroatoms. The lowest BCUT2D eigenvalue weighted by molar-refractivity contribution is -0.0266. The molecule has 1 aliphatic heterocycles. The van der Waals surface area contributed by atoms with Crippen molar-refractivity contribution in [1.29, 1.82) is 0 Å². The van der Waals surface area contributed by atoms with E-state index in [-0.39, 0.29) is 12.0 Å². The fourth-order valence-corrected chi connectivity index (χ4v) is 1.94. The van der Waals surface area contributed by atoms with Crippen molar-refractivity contribution in [1.82, 2.24) is 20.1 Å². The van der Waals surface area contributed by atoms with Crippen LogP contribution in [0.2, 0.25) is 0 Å². The predicted octanol–water partition coefficient (Wildman–Crippen LogP) is 0.611. The zero-order valence-electron chi connectivity index (χ0n) is 9.57. The summed E-state index contributed by atoms with van der Waals surface area (Å²) in [5.74, 6) is 0.580. The Bertz CT molecular complexity index is 508. The average molecular weight is 248 g/mol. The second-order valence-corrected chi connectivity index (χ2v) is 3.99. The molecule has 7 nitrogen and oxygen atoms in total. The number of nitrogens with zero attached hydrogens (tertiary/aromatic N) is 3. The molecular weight excluding hydrogens is 236 g/mol. The Morgan fingerprint density at radius 2 is 2.50 bits per heavy atom. The number of carbonyl (C=O) groups is 1. The van der Waals surface area contributed by atoms with Crippen LogP contribution in [0.3, 0.4) is 0 Å². The monoisotopic (exact) mass is 248 g/mol. The number of nitrogens with one attached hydrogen (secondary N) is 1. The summed E-state index contributed by atoms with van der Waals surface area (Å²) in [6.07, 6.45) is 4.11. The number of carbonyl (C=O) groups excluding carboxylic acids is 1. The van der Waals surface area contributed by atoms with E-state index >= 15 is 0 Å². The number of aromatic nitrogens is 3. The van der Waals surface area contributed by atoms with Gasteiger partial charge in [0.1, 0.15) is 18.7 Å². The van der Waals surface area contributed by atoms with Gasteiger partial charge in [0.15, 0.2) is 5.82 Å². The average Bonchev–Trinajstić information content (AvgIpc) is 3.11. The second-order valence-electron chi connectivity index (χ2n) is 3.99. The first kappa shape index (κ1) is 11.0. The molecule has 3 heterocycles. The van der Waals surface area contributed by atoms with Gasteiger partial charge in [-0.25, -0.2) is 4.98 Å². The van der Waals surface area contributed by atoms with Crippen LogP contribution in [0, 0.1) is 0 Å². The van der Waals surface area contributed by atoms with Gasteiger partial charge in [-0.1, -0.05) is 0 Å². The van der Waals surface area contributed by atoms with E-state index in [1.807, 2.05) is 0 Å². The summed E-state index contributed by atoms with van der Waals surface area (Å²) in [5, 5.41) is 6.54. The van der Waals surface area contributed by atoms with Gasteiger partial charge in [-0.3, -0.25) is 9.89 Å². The van der Waals surface area contributed by atoms with Gasteiger partial charge in [-0.05, 0) is 6.07 Å². The van der Waals surface area contributed by atoms with Crippen molar-refractivity contribution in [2.24, 2.45) is 0 Å². The van der Waals surface area contributed by atoms with Crippen LogP contribution in [0.25, 0.3) is 0 Å². The number of furan rings is 1. The molecule has 0 aliphatic carbocycles. The van der Waals surface area contributed by atoms with Crippen LogP contribution in [0.5, 0.6) is 0 Å². The molecule has 0 saturated carbocycles. The Labute approximate surface area is 103 Å². The molecular formula is C11H12N4O3. The summed E-state index contributed by atoms with van der Waals surface area (Å²) in [6, 6.07) is 1.65. The van der Waals surface area contributed by atoms with Crippen LogP contribution >= 0.6 is 0 Å². The third-order valence-electron chi connectivity index (χ3n) is 2.86. The Kier molecular flexibility index (Phi) is 2.81. The maximum atomic E-state index is 12.1. The van der Waals surface area contributed by atoms with E-state index in [0.29, 0.717) is 31.1 Å². The van der Waals surface area contributed by atoms with E-state index in [1.165, 1.54) is 18.9 Å². The molecule has 1 amide bonds. The molecule has 1 unspecified atom stereocenters. The van der Waals surface area contributed by atoms with Crippen molar-refractivity contribution in [3.05, 3.63) is 36.3 Å². The first-order valence-corrected chi connectivity index (χ1v) is 5.63. The molecule has 3 rings (SSSR count). The number of amides is 1. The molecule has 1 saturated heterocycles. The minimum absolute atomic E-state index is 0.0587. The number of morpholine rings is 1. The molecule has 1 fully saturated rings. The summed E-state index contributed by atoms with van der Waals surface area (Å²) >= 11 is 0. The van der Waals surface area contributed by atoms with Crippen molar-refractivity contribution >= 4 is 5.91 Å². The number of aromatic amines is 1. The van der Waals surface area contributed by atoms with Crippen LogP contribution in [0.4, 0.5) is 0 Å². The predicted molar refractivity (Wildman–Crippen MR) is 59.7 cm³/mol. The van der Waals surface area contributed by atoms with Crippen LogP contribution in [0.15, 0.2) is 29.3 Å². The van der Waals surface area contributed by atoms with E-state index in [9.17, 15) is 4.79 Å². The number of H-pyrrole nitrogens is 1. The van der Waals surface area contributed by atoms with Gasteiger partial charge in [0.2, 0.25) is 0 Å². The fourth-order valence-electron chi connectivity index (χ4n) is 1.94. The highest BCUT2D eigenvalue weighted by atomic mass is 16.5. The molecule has 0 spiro atoms. The van der Waals surface area contributed by atoms with E-state index in [2.05, 4.69) is 15.2 Å². The zero-order valence-corrected chi connectivity index (χ0v) is 9.57. The van der Waals surface area contributed by atoms with Crippen LogP contribution < -0.4 is 0 Å². The molecule has 94 valence electrons. The molecule has 1 N–H and O–H groups in total. The highest BCUT2D eigenvalue weighted by Crippen LogP contribution is 2.20. The van der Waals surface area contributed by atoms with E-state index in [4.69, 9.17) is 9.15 Å². The summed E-state index contributed by atoms with van der Waals surface area (Å²) in [4.78, 5) is 17.9. The molecule has 0 aromatic carbocycles. The van der Waals surface area contributed by atoms with Gasteiger partial charge in [-0.2, -0.15) is 5.10 Å². The molecule has 0 bridgehead atoms. The van der Waals surface area contributed by atoms with Gasteiger partial charge in [0.25, 0.3) is 5.91 Å². The van der Waals surface area contributed by atoms with Crippen molar-refractivity contribution in [3.8, 4) is 0 Å². The SMILES string of the molecule is O=C(c1ccoc1)N1CCOC(c2ncn[nH]2)C1. The minimum Gasteiger partial charge on any atom is -0.472 e. The molecule has 2 aromatic rings. The summed E-state index contributed by atoms with van der Waals surface area (Å²) < 4.78 is 10.5. The van der Waals surface area contributed by atoms with E-state index in [1.54, 1.807) is 11.0 Å². The van der Waals surface area contributed by atoms with Crippen molar-refractivity contribution in [2.45, 2.75) is 6.10 Å². The second kappa shape index (κ2) is 4.61. The van der Waals surface area contributed by atoms with Crippen molar-refractivity contribution < 1.29 is 13.9 Å². The molecule has 0 radical (unpaired) electrons. The largest absolute Gasteiger partial charge is 0.472 e. The Morgan fingerprint density at radius 1 is 1.56 bits per heavy atom. The lowest BCUT2D eigenvalue weighted by Gasteiger charge is -2.31. The minimum atomic E-state index is -0.253. The van der Waals surface area contributed by atoms with Gasteiger partial charge >= 0.3 is 0 Å². The number of hydrogen-bond donors (Lipinski definition) is 1. The highest BCUT2D eigenvalue weighted by Gasteiger charge is 2.28. The standard InChI is InChI=1S/C11H12N4O3/c16-11(8-1-3-17-6-8)15-2-4-18-9(5-15)10-12-7-13-14-10/h1,3,6-7,9H,2,4-5H2,(H,12,13,14). The number of ether oxygens (including phenoxy) is 1. The van der Waals surface area contributed by atoms with E-state index < -0.39 is 0 Å². The van der Waals surface area contributed by atoms with Gasteiger partial charge in [0.05, 0.1) is 25.0 Å². The lowest BCUT2D eigenvalue weighted by Crippen LogP contribution is -2.42. The topological polar surface area (TPSA) is 84.2 Å². The maximum Gasteiger partial charge on any atom is 0.257 e. The summed E-state index contributed by atoms with van der Waals surface area (Å²) in [7, 11) is 0. The first-order chi connectivity index (χ1) is 8.84. The third-order valence-corrected chi connectivity index (χ3v) is 2.86.